The highest BCUT2D eigenvalue weighted by Crippen LogP contribution is 2.22. The molecule has 0 amide bonds. The van der Waals surface area contributed by atoms with E-state index in [-0.39, 0.29) is 0 Å². The van der Waals surface area contributed by atoms with Crippen LogP contribution in [0.4, 0.5) is 0 Å². The lowest BCUT2D eigenvalue weighted by molar-refractivity contribution is 0.0830. The summed E-state index contributed by atoms with van der Waals surface area (Å²) in [6, 6.07) is 0. The number of nitrogens with zero attached hydrogens (tertiary/aromatic N) is 1. The lowest BCUT2D eigenvalue weighted by Gasteiger charge is -2.34. The molecule has 2 atom stereocenters. The van der Waals surface area contributed by atoms with Crippen LogP contribution in [0.25, 0.3) is 0 Å². The van der Waals surface area contributed by atoms with Gasteiger partial charge in [-0.1, -0.05) is 36.7 Å². The van der Waals surface area contributed by atoms with Crippen LogP contribution in [-0.4, -0.2) is 42.6 Å². The molecule has 96 valence electrons. The molecular formula is C13H26BrNO. The molecule has 0 N–H and O–H groups in total. The van der Waals surface area contributed by atoms with Gasteiger partial charge in [-0.2, -0.15) is 0 Å². The molecule has 0 saturated carbocycles. The summed E-state index contributed by atoms with van der Waals surface area (Å²) < 4.78 is 5.66. The first kappa shape index (κ1) is 14.5. The van der Waals surface area contributed by atoms with Crippen molar-refractivity contribution in [3.8, 4) is 0 Å². The summed E-state index contributed by atoms with van der Waals surface area (Å²) in [5, 5.41) is 0. The van der Waals surface area contributed by atoms with E-state index in [1.165, 1.54) is 25.9 Å². The lowest BCUT2D eigenvalue weighted by atomic mass is 10.0. The van der Waals surface area contributed by atoms with E-state index in [0.717, 1.165) is 31.6 Å². The fourth-order valence-electron chi connectivity index (χ4n) is 2.02. The van der Waals surface area contributed by atoms with Gasteiger partial charge in [-0.05, 0) is 31.2 Å². The molecule has 1 saturated heterocycles. The fraction of sp³-hybridized carbons (Fsp3) is 1.00. The standard InChI is InChI=1S/C13H26BrNO/c1-11(2)5-8-16-9-7-15-6-4-13(14)12(3)10-15/h11-13H,4-10H2,1-3H3. The fourth-order valence-corrected chi connectivity index (χ4v) is 2.39. The van der Waals surface area contributed by atoms with E-state index in [2.05, 4.69) is 41.6 Å². The van der Waals surface area contributed by atoms with Crippen molar-refractivity contribution in [1.29, 1.82) is 0 Å². The van der Waals surface area contributed by atoms with Crippen molar-refractivity contribution < 1.29 is 4.74 Å². The van der Waals surface area contributed by atoms with Crippen LogP contribution in [0.3, 0.4) is 0 Å². The smallest absolute Gasteiger partial charge is 0.0593 e. The minimum absolute atomic E-state index is 0.714. The maximum Gasteiger partial charge on any atom is 0.0593 e. The van der Waals surface area contributed by atoms with Crippen LogP contribution in [-0.2, 0) is 4.74 Å². The molecule has 0 spiro atoms. The number of alkyl halides is 1. The maximum absolute atomic E-state index is 5.66. The predicted molar refractivity (Wildman–Crippen MR) is 73.2 cm³/mol. The number of hydrogen-bond donors (Lipinski definition) is 0. The lowest BCUT2D eigenvalue weighted by Crippen LogP contribution is -2.41. The zero-order valence-corrected chi connectivity index (χ0v) is 12.5. The molecule has 16 heavy (non-hydrogen) atoms. The van der Waals surface area contributed by atoms with Crippen LogP contribution in [0.2, 0.25) is 0 Å². The monoisotopic (exact) mass is 291 g/mol. The third-order valence-electron chi connectivity index (χ3n) is 3.28. The van der Waals surface area contributed by atoms with Crippen molar-refractivity contribution >= 4 is 15.9 Å². The maximum atomic E-state index is 5.66. The number of ether oxygens (including phenoxy) is 1. The Bertz CT molecular complexity index is 187. The molecule has 1 rings (SSSR count). The first-order chi connectivity index (χ1) is 7.59. The third kappa shape index (κ3) is 5.65. The van der Waals surface area contributed by atoms with Gasteiger partial charge in [0.1, 0.15) is 0 Å². The van der Waals surface area contributed by atoms with Gasteiger partial charge in [0.05, 0.1) is 6.61 Å². The highest BCUT2D eigenvalue weighted by Gasteiger charge is 2.23. The minimum atomic E-state index is 0.714. The van der Waals surface area contributed by atoms with Crippen molar-refractivity contribution in [3.05, 3.63) is 0 Å². The Morgan fingerprint density at radius 1 is 1.38 bits per heavy atom. The average molecular weight is 292 g/mol. The minimum Gasteiger partial charge on any atom is -0.380 e. The average Bonchev–Trinajstić information content (AvgIpc) is 2.22. The molecule has 0 radical (unpaired) electrons. The Balaban J connectivity index is 2.01. The molecule has 0 aromatic carbocycles. The molecule has 2 unspecified atom stereocenters. The van der Waals surface area contributed by atoms with Gasteiger partial charge in [0.25, 0.3) is 0 Å². The van der Waals surface area contributed by atoms with Crippen molar-refractivity contribution in [3.63, 3.8) is 0 Å². The van der Waals surface area contributed by atoms with Gasteiger partial charge in [0.15, 0.2) is 0 Å². The molecule has 1 aliphatic heterocycles. The second kappa shape index (κ2) is 7.67. The van der Waals surface area contributed by atoms with Gasteiger partial charge >= 0.3 is 0 Å². The van der Waals surface area contributed by atoms with Crippen molar-refractivity contribution in [2.75, 3.05) is 32.8 Å². The Hall–Kier alpha value is 0.400. The number of piperidine rings is 1. The highest BCUT2D eigenvalue weighted by molar-refractivity contribution is 9.09. The van der Waals surface area contributed by atoms with E-state index in [1.54, 1.807) is 0 Å². The van der Waals surface area contributed by atoms with Gasteiger partial charge in [-0.25, -0.2) is 0 Å². The van der Waals surface area contributed by atoms with E-state index in [0.29, 0.717) is 4.83 Å². The second-order valence-corrected chi connectivity index (χ2v) is 6.55. The Morgan fingerprint density at radius 3 is 2.75 bits per heavy atom. The van der Waals surface area contributed by atoms with Crippen molar-refractivity contribution in [2.24, 2.45) is 11.8 Å². The number of halogens is 1. The molecule has 0 bridgehead atoms. The predicted octanol–water partition coefficient (Wildman–Crippen LogP) is 3.15. The largest absolute Gasteiger partial charge is 0.380 e. The van der Waals surface area contributed by atoms with Crippen LogP contribution < -0.4 is 0 Å². The Kier molecular flexibility index (Phi) is 6.94. The van der Waals surface area contributed by atoms with Crippen LogP contribution in [0.15, 0.2) is 0 Å². The summed E-state index contributed by atoms with van der Waals surface area (Å²) in [6.45, 7) is 12.1. The van der Waals surface area contributed by atoms with Crippen molar-refractivity contribution in [1.82, 2.24) is 4.90 Å². The number of hydrogen-bond acceptors (Lipinski definition) is 2. The Labute approximate surface area is 109 Å². The van der Waals surface area contributed by atoms with E-state index in [1.807, 2.05) is 0 Å². The van der Waals surface area contributed by atoms with E-state index in [4.69, 9.17) is 4.74 Å². The number of likely N-dealkylation sites (tertiary alicyclic amines) is 1. The van der Waals surface area contributed by atoms with Gasteiger partial charge in [0.2, 0.25) is 0 Å². The molecule has 1 heterocycles. The quantitative estimate of drug-likeness (QED) is 0.551. The van der Waals surface area contributed by atoms with Crippen LogP contribution >= 0.6 is 15.9 Å². The Morgan fingerprint density at radius 2 is 2.12 bits per heavy atom. The molecular weight excluding hydrogens is 266 g/mol. The van der Waals surface area contributed by atoms with Crippen LogP contribution in [0, 0.1) is 11.8 Å². The topological polar surface area (TPSA) is 12.5 Å². The van der Waals surface area contributed by atoms with E-state index in [9.17, 15) is 0 Å². The SMILES string of the molecule is CC(C)CCOCCN1CCC(Br)C(C)C1. The molecule has 0 aromatic rings. The zero-order chi connectivity index (χ0) is 12.0. The van der Waals surface area contributed by atoms with Crippen LogP contribution in [0.5, 0.6) is 0 Å². The number of rotatable bonds is 6. The van der Waals surface area contributed by atoms with Gasteiger partial charge in [0, 0.05) is 24.5 Å². The molecule has 0 aliphatic carbocycles. The molecule has 3 heteroatoms. The van der Waals surface area contributed by atoms with E-state index < -0.39 is 0 Å². The first-order valence-corrected chi connectivity index (χ1v) is 7.45. The summed E-state index contributed by atoms with van der Waals surface area (Å²) in [7, 11) is 0. The molecule has 0 aromatic heterocycles. The van der Waals surface area contributed by atoms with Gasteiger partial charge in [-0.15, -0.1) is 0 Å². The first-order valence-electron chi connectivity index (χ1n) is 6.53. The summed E-state index contributed by atoms with van der Waals surface area (Å²) in [4.78, 5) is 3.24. The second-order valence-electron chi connectivity index (χ2n) is 5.38. The molecule has 1 fully saturated rings. The van der Waals surface area contributed by atoms with Crippen LogP contribution in [0.1, 0.15) is 33.6 Å². The van der Waals surface area contributed by atoms with E-state index >= 15 is 0 Å². The highest BCUT2D eigenvalue weighted by atomic mass is 79.9. The normalized spacial score (nSPS) is 27.6. The van der Waals surface area contributed by atoms with Gasteiger partial charge in [-0.3, -0.25) is 0 Å². The zero-order valence-electron chi connectivity index (χ0n) is 10.9. The van der Waals surface area contributed by atoms with Gasteiger partial charge < -0.3 is 9.64 Å². The summed E-state index contributed by atoms with van der Waals surface area (Å²) in [5.41, 5.74) is 0. The summed E-state index contributed by atoms with van der Waals surface area (Å²) in [5.74, 6) is 1.52. The molecule has 2 nitrogen and oxygen atoms in total. The summed E-state index contributed by atoms with van der Waals surface area (Å²) in [6.07, 6.45) is 2.45. The summed E-state index contributed by atoms with van der Waals surface area (Å²) >= 11 is 3.73. The molecule has 1 aliphatic rings. The van der Waals surface area contributed by atoms with Crippen molar-refractivity contribution in [2.45, 2.75) is 38.4 Å². The third-order valence-corrected chi connectivity index (χ3v) is 4.64.